The molecule has 82 valence electrons. The van der Waals surface area contributed by atoms with E-state index in [2.05, 4.69) is 36.9 Å². The molecule has 0 radical (unpaired) electrons. The number of likely N-dealkylation sites (tertiary alicyclic amines) is 1. The normalized spacial score (nSPS) is 22.2. The van der Waals surface area contributed by atoms with Crippen LogP contribution in [-0.2, 0) is 6.54 Å². The van der Waals surface area contributed by atoms with Gasteiger partial charge in [0.1, 0.15) is 0 Å². The van der Waals surface area contributed by atoms with E-state index < -0.39 is 0 Å². The largest absolute Gasteiger partial charge is 0.298 e. The molecule has 1 aromatic rings. The van der Waals surface area contributed by atoms with Crippen LogP contribution in [0.3, 0.4) is 0 Å². The summed E-state index contributed by atoms with van der Waals surface area (Å²) in [5.41, 5.74) is 4.12. The molecular formula is C13H18ClN. The van der Waals surface area contributed by atoms with Crippen molar-refractivity contribution in [2.45, 2.75) is 32.2 Å². The molecule has 0 bridgehead atoms. The van der Waals surface area contributed by atoms with Gasteiger partial charge >= 0.3 is 0 Å². The molecule has 15 heavy (non-hydrogen) atoms. The average molecular weight is 224 g/mol. The predicted octanol–water partition coefficient (Wildman–Crippen LogP) is 3.12. The van der Waals surface area contributed by atoms with E-state index in [4.69, 9.17) is 11.6 Å². The second kappa shape index (κ2) is 4.54. The summed E-state index contributed by atoms with van der Waals surface area (Å²) in [6.45, 7) is 7.54. The van der Waals surface area contributed by atoms with Crippen LogP contribution in [0.5, 0.6) is 0 Å². The van der Waals surface area contributed by atoms with E-state index in [-0.39, 0.29) is 0 Å². The van der Waals surface area contributed by atoms with Gasteiger partial charge in [-0.3, -0.25) is 4.90 Å². The highest BCUT2D eigenvalue weighted by Gasteiger charge is 2.19. The van der Waals surface area contributed by atoms with Gasteiger partial charge in [0, 0.05) is 18.5 Å². The van der Waals surface area contributed by atoms with Crippen LogP contribution in [0.2, 0.25) is 0 Å². The van der Waals surface area contributed by atoms with Crippen LogP contribution in [0.4, 0.5) is 0 Å². The van der Waals surface area contributed by atoms with Crippen molar-refractivity contribution < 1.29 is 0 Å². The number of halogens is 1. The fourth-order valence-electron chi connectivity index (χ4n) is 2.35. The minimum absolute atomic E-state index is 0.357. The molecule has 1 unspecified atom stereocenters. The number of rotatable bonds is 2. The van der Waals surface area contributed by atoms with Gasteiger partial charge in [-0.05, 0) is 32.4 Å². The number of hydrogen-bond acceptors (Lipinski definition) is 1. The van der Waals surface area contributed by atoms with Crippen LogP contribution in [0.1, 0.15) is 23.1 Å². The van der Waals surface area contributed by atoms with Crippen molar-refractivity contribution in [1.82, 2.24) is 4.90 Å². The molecule has 1 aliphatic rings. The third-order valence-corrected chi connectivity index (χ3v) is 3.26. The van der Waals surface area contributed by atoms with E-state index in [1.165, 1.54) is 16.7 Å². The number of nitrogens with zero attached hydrogens (tertiary/aromatic N) is 1. The number of benzene rings is 1. The Hall–Kier alpha value is -0.530. The maximum atomic E-state index is 6.09. The standard InChI is InChI=1S/C13H18ClN/c1-10-5-11(2)7-12(6-10)8-15-4-3-13(14)9-15/h5-7,13H,3-4,8-9H2,1-2H3. The van der Waals surface area contributed by atoms with E-state index in [0.717, 1.165) is 26.1 Å². The molecule has 1 aliphatic heterocycles. The quantitative estimate of drug-likeness (QED) is 0.697. The minimum Gasteiger partial charge on any atom is -0.298 e. The molecule has 2 heteroatoms. The lowest BCUT2D eigenvalue weighted by atomic mass is 10.1. The predicted molar refractivity (Wildman–Crippen MR) is 65.5 cm³/mol. The van der Waals surface area contributed by atoms with Gasteiger partial charge < -0.3 is 0 Å². The van der Waals surface area contributed by atoms with Gasteiger partial charge in [0.15, 0.2) is 0 Å². The summed E-state index contributed by atoms with van der Waals surface area (Å²) < 4.78 is 0. The van der Waals surface area contributed by atoms with Crippen LogP contribution in [0.15, 0.2) is 18.2 Å². The van der Waals surface area contributed by atoms with Crippen molar-refractivity contribution in [1.29, 1.82) is 0 Å². The van der Waals surface area contributed by atoms with E-state index in [0.29, 0.717) is 5.38 Å². The van der Waals surface area contributed by atoms with Crippen LogP contribution < -0.4 is 0 Å². The molecule has 0 aromatic heterocycles. The van der Waals surface area contributed by atoms with E-state index in [9.17, 15) is 0 Å². The van der Waals surface area contributed by atoms with Crippen molar-refractivity contribution in [3.05, 3.63) is 34.9 Å². The number of aryl methyl sites for hydroxylation is 2. The van der Waals surface area contributed by atoms with Crippen molar-refractivity contribution in [3.63, 3.8) is 0 Å². The lowest BCUT2D eigenvalue weighted by Gasteiger charge is -2.15. The van der Waals surface area contributed by atoms with Crippen LogP contribution in [0, 0.1) is 13.8 Å². The van der Waals surface area contributed by atoms with E-state index >= 15 is 0 Å². The molecule has 0 N–H and O–H groups in total. The van der Waals surface area contributed by atoms with Crippen molar-refractivity contribution in [2.24, 2.45) is 0 Å². The lowest BCUT2D eigenvalue weighted by Crippen LogP contribution is -2.20. The fraction of sp³-hybridized carbons (Fsp3) is 0.538. The SMILES string of the molecule is Cc1cc(C)cc(CN2CCC(Cl)C2)c1. The second-order valence-electron chi connectivity index (χ2n) is 4.62. The molecule has 0 spiro atoms. The van der Waals surface area contributed by atoms with Crippen molar-refractivity contribution >= 4 is 11.6 Å². The summed E-state index contributed by atoms with van der Waals surface area (Å²) in [5, 5.41) is 0.357. The first-order chi connectivity index (χ1) is 7.13. The van der Waals surface area contributed by atoms with Gasteiger partial charge in [-0.25, -0.2) is 0 Å². The topological polar surface area (TPSA) is 3.24 Å². The van der Waals surface area contributed by atoms with Crippen LogP contribution in [0.25, 0.3) is 0 Å². The Kier molecular flexibility index (Phi) is 3.32. The van der Waals surface area contributed by atoms with Gasteiger partial charge in [-0.2, -0.15) is 0 Å². The number of alkyl halides is 1. The van der Waals surface area contributed by atoms with E-state index in [1.807, 2.05) is 0 Å². The molecule has 0 amide bonds. The Balaban J connectivity index is 2.04. The third-order valence-electron chi connectivity index (χ3n) is 2.90. The Morgan fingerprint density at radius 1 is 1.27 bits per heavy atom. The molecule has 0 aliphatic carbocycles. The summed E-state index contributed by atoms with van der Waals surface area (Å²) >= 11 is 6.09. The van der Waals surface area contributed by atoms with Gasteiger partial charge in [0.25, 0.3) is 0 Å². The Morgan fingerprint density at radius 3 is 2.47 bits per heavy atom. The molecule has 0 saturated carbocycles. The van der Waals surface area contributed by atoms with Crippen molar-refractivity contribution in [3.8, 4) is 0 Å². The Morgan fingerprint density at radius 2 is 1.93 bits per heavy atom. The molecule has 1 aromatic carbocycles. The zero-order valence-corrected chi connectivity index (χ0v) is 10.2. The highest BCUT2D eigenvalue weighted by Crippen LogP contribution is 2.18. The van der Waals surface area contributed by atoms with Crippen LogP contribution in [-0.4, -0.2) is 23.4 Å². The summed E-state index contributed by atoms with van der Waals surface area (Å²) in [5.74, 6) is 0. The summed E-state index contributed by atoms with van der Waals surface area (Å²) in [4.78, 5) is 2.44. The van der Waals surface area contributed by atoms with Crippen LogP contribution >= 0.6 is 11.6 Å². The number of hydrogen-bond donors (Lipinski definition) is 0. The first-order valence-corrected chi connectivity index (χ1v) is 6.01. The molecule has 2 rings (SSSR count). The average Bonchev–Trinajstić information content (AvgIpc) is 2.49. The lowest BCUT2D eigenvalue weighted by molar-refractivity contribution is 0.332. The summed E-state index contributed by atoms with van der Waals surface area (Å²) in [7, 11) is 0. The molecule has 1 fully saturated rings. The highest BCUT2D eigenvalue weighted by molar-refractivity contribution is 6.20. The highest BCUT2D eigenvalue weighted by atomic mass is 35.5. The minimum atomic E-state index is 0.357. The fourth-order valence-corrected chi connectivity index (χ4v) is 2.64. The maximum absolute atomic E-state index is 6.09. The molecule has 1 atom stereocenters. The van der Waals surface area contributed by atoms with E-state index in [1.54, 1.807) is 0 Å². The first kappa shape index (κ1) is 11.0. The molecule has 1 heterocycles. The zero-order valence-electron chi connectivity index (χ0n) is 9.46. The van der Waals surface area contributed by atoms with Crippen molar-refractivity contribution in [2.75, 3.05) is 13.1 Å². The Labute approximate surface area is 97.0 Å². The Bertz CT molecular complexity index is 328. The van der Waals surface area contributed by atoms with Gasteiger partial charge in [-0.15, -0.1) is 11.6 Å². The molecule has 1 nitrogen and oxygen atoms in total. The molecule has 1 saturated heterocycles. The third kappa shape index (κ3) is 2.96. The first-order valence-electron chi connectivity index (χ1n) is 5.57. The zero-order chi connectivity index (χ0) is 10.8. The summed E-state index contributed by atoms with van der Waals surface area (Å²) in [6, 6.07) is 6.76. The maximum Gasteiger partial charge on any atom is 0.0475 e. The summed E-state index contributed by atoms with van der Waals surface area (Å²) in [6.07, 6.45) is 1.13. The molecular weight excluding hydrogens is 206 g/mol. The smallest absolute Gasteiger partial charge is 0.0475 e. The monoisotopic (exact) mass is 223 g/mol. The second-order valence-corrected chi connectivity index (χ2v) is 5.23. The van der Waals surface area contributed by atoms with Gasteiger partial charge in [0.05, 0.1) is 0 Å². The van der Waals surface area contributed by atoms with Gasteiger partial charge in [-0.1, -0.05) is 29.3 Å². The van der Waals surface area contributed by atoms with Gasteiger partial charge in [0.2, 0.25) is 0 Å².